The Hall–Kier alpha value is -4.38. The molecule has 0 saturated heterocycles. The smallest absolute Gasteiger partial charge is 0.410 e. The Balaban J connectivity index is 1.79. The van der Waals surface area contributed by atoms with E-state index in [-0.39, 0.29) is 37.8 Å². The number of rotatable bonds is 7. The number of nitrogens with zero attached hydrogens (tertiary/aromatic N) is 2. The first-order chi connectivity index (χ1) is 18.7. The summed E-state index contributed by atoms with van der Waals surface area (Å²) in [5, 5.41) is 10.1. The fourth-order valence-corrected chi connectivity index (χ4v) is 4.72. The second kappa shape index (κ2) is 12.0. The maximum absolute atomic E-state index is 12.9. The molecule has 1 amide bonds. The fourth-order valence-electron chi connectivity index (χ4n) is 4.72. The predicted octanol–water partition coefficient (Wildman–Crippen LogP) is 5.88. The molecular weight excluding hydrogens is 494 g/mol. The summed E-state index contributed by atoms with van der Waals surface area (Å²) in [6.45, 7) is 10.4. The maximum atomic E-state index is 12.9. The third kappa shape index (κ3) is 6.37. The van der Waals surface area contributed by atoms with Crippen LogP contribution >= 0.6 is 0 Å². The van der Waals surface area contributed by atoms with Gasteiger partial charge in [-0.15, -0.1) is 0 Å². The first-order valence-corrected chi connectivity index (χ1v) is 13.2. The van der Waals surface area contributed by atoms with Crippen LogP contribution in [0, 0.1) is 11.3 Å². The number of hydrogen-bond acceptors (Lipinski definition) is 7. The number of allylic oxidation sites excluding steroid dienone is 1. The van der Waals surface area contributed by atoms with Gasteiger partial charge < -0.3 is 24.7 Å². The Kier molecular flexibility index (Phi) is 8.50. The first kappa shape index (κ1) is 27.6. The minimum atomic E-state index is -0.491. The second-order valence-electron chi connectivity index (χ2n) is 9.98. The summed E-state index contributed by atoms with van der Waals surface area (Å²) in [6, 6.07) is 17.5. The van der Waals surface area contributed by atoms with Crippen molar-refractivity contribution in [3.8, 4) is 17.6 Å². The minimum absolute atomic E-state index is 0.0358. The summed E-state index contributed by atoms with van der Waals surface area (Å²) in [5.41, 5.74) is 9.89. The standard InChI is InChI=1S/C31H35N3O5/c1-6-36-31(35)34-17-23(15-21-7-11-24(12-8-21)37-19(2)3)29-27(18-34)28(26(16-32)30(33)39-29)22-9-13-25(14-10-22)38-20(4)5/h7-15,19-20,28H,6,17-18,33H2,1-5H3/b23-15+. The molecule has 0 radical (unpaired) electrons. The van der Waals surface area contributed by atoms with E-state index in [4.69, 9.17) is 24.7 Å². The summed E-state index contributed by atoms with van der Waals surface area (Å²) in [5.74, 6) is 1.64. The Morgan fingerprint density at radius 1 is 1.05 bits per heavy atom. The molecule has 2 aromatic rings. The van der Waals surface area contributed by atoms with E-state index in [9.17, 15) is 10.1 Å². The van der Waals surface area contributed by atoms with Gasteiger partial charge >= 0.3 is 6.09 Å². The van der Waals surface area contributed by atoms with Crippen molar-refractivity contribution in [2.75, 3.05) is 19.7 Å². The van der Waals surface area contributed by atoms with Crippen molar-refractivity contribution in [2.24, 2.45) is 5.73 Å². The number of hydrogen-bond donors (Lipinski definition) is 1. The van der Waals surface area contributed by atoms with Gasteiger partial charge in [-0.3, -0.25) is 4.90 Å². The zero-order chi connectivity index (χ0) is 28.1. The third-order valence-electron chi connectivity index (χ3n) is 6.24. The van der Waals surface area contributed by atoms with Gasteiger partial charge in [0.15, 0.2) is 0 Å². The van der Waals surface area contributed by atoms with Crippen LogP contribution in [0.15, 0.2) is 76.9 Å². The molecule has 1 unspecified atom stereocenters. The van der Waals surface area contributed by atoms with E-state index < -0.39 is 12.0 Å². The van der Waals surface area contributed by atoms with E-state index in [2.05, 4.69) is 6.07 Å². The van der Waals surface area contributed by atoms with E-state index in [0.717, 1.165) is 33.8 Å². The lowest BCUT2D eigenvalue weighted by Crippen LogP contribution is -2.41. The van der Waals surface area contributed by atoms with Gasteiger partial charge in [0, 0.05) is 11.1 Å². The summed E-state index contributed by atoms with van der Waals surface area (Å²) >= 11 is 0. The highest BCUT2D eigenvalue weighted by Crippen LogP contribution is 2.44. The van der Waals surface area contributed by atoms with Gasteiger partial charge in [0.2, 0.25) is 5.88 Å². The fraction of sp³-hybridized carbons (Fsp3) is 0.355. The number of ether oxygens (including phenoxy) is 4. The van der Waals surface area contributed by atoms with Crippen LogP contribution in [0.2, 0.25) is 0 Å². The van der Waals surface area contributed by atoms with Crippen LogP contribution in [-0.4, -0.2) is 42.9 Å². The van der Waals surface area contributed by atoms with Gasteiger partial charge in [0.1, 0.15) is 28.9 Å². The topological polar surface area (TPSA) is 107 Å². The van der Waals surface area contributed by atoms with E-state index in [1.54, 1.807) is 11.8 Å². The van der Waals surface area contributed by atoms with Gasteiger partial charge in [0.25, 0.3) is 0 Å². The molecule has 2 aliphatic rings. The average molecular weight is 530 g/mol. The molecule has 0 bridgehead atoms. The van der Waals surface area contributed by atoms with Crippen LogP contribution in [0.25, 0.3) is 6.08 Å². The molecule has 2 N–H and O–H groups in total. The highest BCUT2D eigenvalue weighted by molar-refractivity contribution is 5.72. The predicted molar refractivity (Wildman–Crippen MR) is 149 cm³/mol. The lowest BCUT2D eigenvalue weighted by atomic mass is 9.80. The van der Waals surface area contributed by atoms with Gasteiger partial charge in [-0.1, -0.05) is 24.3 Å². The normalized spacial score (nSPS) is 18.2. The lowest BCUT2D eigenvalue weighted by Gasteiger charge is -2.37. The number of amides is 1. The molecule has 0 spiro atoms. The van der Waals surface area contributed by atoms with Crippen molar-refractivity contribution in [2.45, 2.75) is 52.7 Å². The molecule has 2 aliphatic heterocycles. The van der Waals surface area contributed by atoms with Gasteiger partial charge in [-0.2, -0.15) is 5.26 Å². The summed E-state index contributed by atoms with van der Waals surface area (Å²) < 4.78 is 23.0. The van der Waals surface area contributed by atoms with Crippen molar-refractivity contribution in [3.05, 3.63) is 88.0 Å². The summed E-state index contributed by atoms with van der Waals surface area (Å²) in [4.78, 5) is 14.5. The minimum Gasteiger partial charge on any atom is -0.491 e. The van der Waals surface area contributed by atoms with Gasteiger partial charge in [-0.25, -0.2) is 4.79 Å². The van der Waals surface area contributed by atoms with Crippen LogP contribution in [-0.2, 0) is 9.47 Å². The van der Waals surface area contributed by atoms with E-state index >= 15 is 0 Å². The Morgan fingerprint density at radius 3 is 2.18 bits per heavy atom. The SMILES string of the molecule is CCOC(=O)N1CC2=C(OC(N)=C(C#N)C2c2ccc(OC(C)C)cc2)/C(=C/c2ccc(OC(C)C)cc2)C1. The van der Waals surface area contributed by atoms with E-state index in [1.807, 2.05) is 82.3 Å². The van der Waals surface area contributed by atoms with Gasteiger partial charge in [-0.05, 0) is 76.1 Å². The van der Waals surface area contributed by atoms with Crippen LogP contribution < -0.4 is 15.2 Å². The van der Waals surface area contributed by atoms with E-state index in [0.29, 0.717) is 11.3 Å². The first-order valence-electron chi connectivity index (χ1n) is 13.2. The number of carbonyl (C=O) groups is 1. The third-order valence-corrected chi connectivity index (χ3v) is 6.24. The van der Waals surface area contributed by atoms with Crippen molar-refractivity contribution in [1.82, 2.24) is 4.90 Å². The van der Waals surface area contributed by atoms with Crippen molar-refractivity contribution < 1.29 is 23.7 Å². The molecule has 0 aliphatic carbocycles. The van der Waals surface area contributed by atoms with Gasteiger partial charge in [0.05, 0.1) is 37.8 Å². The second-order valence-corrected chi connectivity index (χ2v) is 9.98. The molecule has 2 aromatic carbocycles. The lowest BCUT2D eigenvalue weighted by molar-refractivity contribution is 0.109. The van der Waals surface area contributed by atoms with Crippen LogP contribution in [0.3, 0.4) is 0 Å². The largest absolute Gasteiger partial charge is 0.491 e. The highest BCUT2D eigenvalue weighted by Gasteiger charge is 2.39. The Bertz CT molecular complexity index is 1330. The zero-order valence-electron chi connectivity index (χ0n) is 23.1. The molecule has 8 heteroatoms. The van der Waals surface area contributed by atoms with Crippen molar-refractivity contribution in [3.63, 3.8) is 0 Å². The Labute approximate surface area is 229 Å². The monoisotopic (exact) mass is 529 g/mol. The molecular formula is C31H35N3O5. The number of nitriles is 1. The molecule has 4 rings (SSSR count). The molecule has 1 atom stereocenters. The molecule has 8 nitrogen and oxygen atoms in total. The summed E-state index contributed by atoms with van der Waals surface area (Å²) in [7, 11) is 0. The Morgan fingerprint density at radius 2 is 1.64 bits per heavy atom. The summed E-state index contributed by atoms with van der Waals surface area (Å²) in [6.07, 6.45) is 1.63. The van der Waals surface area contributed by atoms with Crippen LogP contribution in [0.1, 0.15) is 51.7 Å². The zero-order valence-corrected chi connectivity index (χ0v) is 23.1. The van der Waals surface area contributed by atoms with E-state index in [1.165, 1.54) is 0 Å². The number of carbonyl (C=O) groups excluding carboxylic acids is 1. The van der Waals surface area contributed by atoms with Crippen molar-refractivity contribution in [1.29, 1.82) is 5.26 Å². The van der Waals surface area contributed by atoms with Crippen molar-refractivity contribution >= 4 is 12.2 Å². The molecule has 0 fully saturated rings. The average Bonchev–Trinajstić information content (AvgIpc) is 2.89. The van der Waals surface area contributed by atoms with Crippen LogP contribution in [0.4, 0.5) is 4.79 Å². The maximum Gasteiger partial charge on any atom is 0.410 e. The molecule has 204 valence electrons. The number of nitrogens with two attached hydrogens (primary N) is 1. The van der Waals surface area contributed by atoms with Crippen LogP contribution in [0.5, 0.6) is 11.5 Å². The highest BCUT2D eigenvalue weighted by atomic mass is 16.6. The number of benzene rings is 2. The quantitative estimate of drug-likeness (QED) is 0.477. The molecule has 39 heavy (non-hydrogen) atoms. The molecule has 0 saturated carbocycles. The molecule has 2 heterocycles. The molecule has 0 aromatic heterocycles.